The molecule has 0 aliphatic heterocycles. The van der Waals surface area contributed by atoms with E-state index in [0.29, 0.717) is 5.75 Å². The first-order valence-electron chi connectivity index (χ1n) is 8.93. The topological polar surface area (TPSA) is 104 Å². The second-order valence-corrected chi connectivity index (χ2v) is 6.37. The number of nitrogens with zero attached hydrogens (tertiary/aromatic N) is 1. The van der Waals surface area contributed by atoms with Crippen LogP contribution in [-0.4, -0.2) is 30.5 Å². The second-order valence-electron chi connectivity index (χ2n) is 6.37. The third-order valence-corrected chi connectivity index (χ3v) is 4.52. The summed E-state index contributed by atoms with van der Waals surface area (Å²) in [6.45, 7) is -0.00285. The summed E-state index contributed by atoms with van der Waals surface area (Å²) in [4.78, 5) is 28.3. The first kappa shape index (κ1) is 18.8. The number of hydrogen-bond acceptors (Lipinski definition) is 6. The number of imide groups is 1. The van der Waals surface area contributed by atoms with Crippen LogP contribution in [-0.2, 0) is 24.2 Å². The Kier molecular flexibility index (Phi) is 6.03. The minimum Gasteiger partial charge on any atom is -0.497 e. The van der Waals surface area contributed by atoms with E-state index in [1.54, 1.807) is 13.3 Å². The number of carbonyl (C=O) groups excluding carboxylic acids is 2. The molecule has 1 aliphatic rings. The molecule has 0 saturated carbocycles. The summed E-state index contributed by atoms with van der Waals surface area (Å²) in [5, 5.41) is 2.24. The van der Waals surface area contributed by atoms with E-state index in [9.17, 15) is 9.59 Å². The lowest BCUT2D eigenvalue weighted by Crippen LogP contribution is -2.36. The third-order valence-electron chi connectivity index (χ3n) is 4.52. The van der Waals surface area contributed by atoms with E-state index in [1.165, 1.54) is 0 Å². The van der Waals surface area contributed by atoms with Crippen LogP contribution in [0.4, 0.5) is 0 Å². The highest BCUT2D eigenvalue weighted by Crippen LogP contribution is 2.32. The zero-order valence-electron chi connectivity index (χ0n) is 15.3. The number of aromatic nitrogens is 1. The van der Waals surface area contributed by atoms with Gasteiger partial charge in [0.2, 0.25) is 5.91 Å². The molecule has 1 heterocycles. The summed E-state index contributed by atoms with van der Waals surface area (Å²) >= 11 is 0. The number of rotatable bonds is 6. The van der Waals surface area contributed by atoms with Crippen molar-refractivity contribution in [2.75, 3.05) is 13.7 Å². The molecule has 3 N–H and O–H groups in total. The van der Waals surface area contributed by atoms with Crippen molar-refractivity contribution in [3.8, 4) is 11.5 Å². The van der Waals surface area contributed by atoms with Crippen molar-refractivity contribution in [2.45, 2.75) is 32.3 Å². The average Bonchev–Trinajstić information content (AvgIpc) is 2.71. The number of benzene rings is 1. The van der Waals surface area contributed by atoms with Crippen LogP contribution in [0.2, 0.25) is 0 Å². The lowest BCUT2D eigenvalue weighted by Gasteiger charge is -2.21. The van der Waals surface area contributed by atoms with Gasteiger partial charge in [-0.2, -0.15) is 0 Å². The maximum absolute atomic E-state index is 12.5. The van der Waals surface area contributed by atoms with Crippen molar-refractivity contribution < 1.29 is 19.1 Å². The SMILES string of the molecule is COc1cccc(COc2c(C(=O)NC(=O)CN)ncc3c2CCCC3)c1. The van der Waals surface area contributed by atoms with Crippen molar-refractivity contribution in [1.82, 2.24) is 10.3 Å². The molecule has 0 unspecified atom stereocenters. The van der Waals surface area contributed by atoms with Crippen LogP contribution in [0.3, 0.4) is 0 Å². The van der Waals surface area contributed by atoms with Gasteiger partial charge in [-0.3, -0.25) is 14.9 Å². The Morgan fingerprint density at radius 1 is 1.26 bits per heavy atom. The Balaban J connectivity index is 1.90. The number of methoxy groups -OCH3 is 1. The molecule has 0 spiro atoms. The minimum atomic E-state index is -0.598. The average molecular weight is 369 g/mol. The van der Waals surface area contributed by atoms with E-state index in [0.717, 1.165) is 48.1 Å². The quantitative estimate of drug-likeness (QED) is 0.804. The first-order chi connectivity index (χ1) is 13.1. The van der Waals surface area contributed by atoms with E-state index in [1.807, 2.05) is 24.3 Å². The molecule has 142 valence electrons. The number of aryl methyl sites for hydroxylation is 1. The third kappa shape index (κ3) is 4.43. The Hall–Kier alpha value is -2.93. The van der Waals surface area contributed by atoms with Crippen LogP contribution in [0, 0.1) is 0 Å². The van der Waals surface area contributed by atoms with Gasteiger partial charge in [-0.25, -0.2) is 4.98 Å². The van der Waals surface area contributed by atoms with E-state index >= 15 is 0 Å². The van der Waals surface area contributed by atoms with Gasteiger partial charge in [-0.15, -0.1) is 0 Å². The monoisotopic (exact) mass is 369 g/mol. The summed E-state index contributed by atoms with van der Waals surface area (Å²) in [7, 11) is 1.61. The number of fused-ring (bicyclic) bond motifs is 1. The highest BCUT2D eigenvalue weighted by atomic mass is 16.5. The molecule has 0 saturated heterocycles. The summed E-state index contributed by atoms with van der Waals surface area (Å²) in [5.41, 5.74) is 8.38. The number of ether oxygens (including phenoxy) is 2. The van der Waals surface area contributed by atoms with E-state index in [4.69, 9.17) is 15.2 Å². The molecule has 0 atom stereocenters. The fourth-order valence-corrected chi connectivity index (χ4v) is 3.15. The second kappa shape index (κ2) is 8.64. The molecular weight excluding hydrogens is 346 g/mol. The van der Waals surface area contributed by atoms with E-state index in [2.05, 4.69) is 10.3 Å². The highest BCUT2D eigenvalue weighted by Gasteiger charge is 2.24. The summed E-state index contributed by atoms with van der Waals surface area (Å²) in [5.74, 6) is 0.0194. The van der Waals surface area contributed by atoms with Gasteiger partial charge in [0, 0.05) is 11.8 Å². The van der Waals surface area contributed by atoms with Crippen LogP contribution >= 0.6 is 0 Å². The predicted molar refractivity (Wildman–Crippen MR) is 99.7 cm³/mol. The maximum atomic E-state index is 12.5. The Labute approximate surface area is 157 Å². The molecule has 2 aromatic rings. The van der Waals surface area contributed by atoms with Crippen molar-refractivity contribution >= 4 is 11.8 Å². The number of nitrogens with one attached hydrogen (secondary N) is 1. The molecule has 1 aromatic heterocycles. The molecule has 27 heavy (non-hydrogen) atoms. The number of nitrogens with two attached hydrogens (primary N) is 1. The molecular formula is C20H23N3O4. The lowest BCUT2D eigenvalue weighted by molar-refractivity contribution is -0.118. The lowest BCUT2D eigenvalue weighted by atomic mass is 9.92. The largest absolute Gasteiger partial charge is 0.497 e. The summed E-state index contributed by atoms with van der Waals surface area (Å²) in [6, 6.07) is 7.53. The van der Waals surface area contributed by atoms with Crippen molar-refractivity contribution in [3.63, 3.8) is 0 Å². The fraction of sp³-hybridized carbons (Fsp3) is 0.350. The molecule has 7 nitrogen and oxygen atoms in total. The van der Waals surface area contributed by atoms with Crippen LogP contribution in [0.15, 0.2) is 30.5 Å². The van der Waals surface area contributed by atoms with E-state index < -0.39 is 11.8 Å². The molecule has 0 bridgehead atoms. The zero-order chi connectivity index (χ0) is 19.2. The van der Waals surface area contributed by atoms with Gasteiger partial charge in [0.25, 0.3) is 5.91 Å². The minimum absolute atomic E-state index is 0.111. The molecule has 0 radical (unpaired) electrons. The van der Waals surface area contributed by atoms with Crippen molar-refractivity contribution in [3.05, 3.63) is 52.8 Å². The van der Waals surface area contributed by atoms with Gasteiger partial charge in [0.15, 0.2) is 11.4 Å². The number of pyridine rings is 1. The van der Waals surface area contributed by atoms with Gasteiger partial charge in [-0.1, -0.05) is 12.1 Å². The van der Waals surface area contributed by atoms with Gasteiger partial charge < -0.3 is 15.2 Å². The first-order valence-corrected chi connectivity index (χ1v) is 8.93. The smallest absolute Gasteiger partial charge is 0.280 e. The van der Waals surface area contributed by atoms with Gasteiger partial charge in [-0.05, 0) is 48.9 Å². The van der Waals surface area contributed by atoms with Gasteiger partial charge in [0.05, 0.1) is 13.7 Å². The predicted octanol–water partition coefficient (Wildman–Crippen LogP) is 1.76. The Bertz CT molecular complexity index is 851. The van der Waals surface area contributed by atoms with Crippen LogP contribution in [0.25, 0.3) is 0 Å². The standard InChI is InChI=1S/C20H23N3O4/c1-26-15-7-4-5-13(9-15)12-27-19-16-8-3-2-6-14(16)11-22-18(19)20(25)23-17(24)10-21/h4-5,7,9,11H,2-3,6,8,10,12,21H2,1H3,(H,23,24,25). The van der Waals surface area contributed by atoms with Gasteiger partial charge >= 0.3 is 0 Å². The number of hydrogen-bond donors (Lipinski definition) is 2. The molecule has 7 heteroatoms. The van der Waals surface area contributed by atoms with Crippen LogP contribution in [0.5, 0.6) is 11.5 Å². The van der Waals surface area contributed by atoms with Crippen molar-refractivity contribution in [1.29, 1.82) is 0 Å². The highest BCUT2D eigenvalue weighted by molar-refractivity contribution is 6.05. The molecule has 1 aromatic carbocycles. The Morgan fingerprint density at radius 2 is 2.07 bits per heavy atom. The molecule has 0 fully saturated rings. The summed E-state index contributed by atoms with van der Waals surface area (Å²) < 4.78 is 11.3. The zero-order valence-corrected chi connectivity index (χ0v) is 15.3. The Morgan fingerprint density at radius 3 is 2.85 bits per heavy atom. The molecule has 3 rings (SSSR count). The normalized spacial score (nSPS) is 12.8. The number of carbonyl (C=O) groups is 2. The molecule has 2 amide bonds. The van der Waals surface area contributed by atoms with Crippen LogP contribution in [0.1, 0.15) is 40.0 Å². The maximum Gasteiger partial charge on any atom is 0.280 e. The molecule has 1 aliphatic carbocycles. The van der Waals surface area contributed by atoms with Crippen LogP contribution < -0.4 is 20.5 Å². The summed E-state index contributed by atoms with van der Waals surface area (Å²) in [6.07, 6.45) is 5.53. The van der Waals surface area contributed by atoms with Gasteiger partial charge in [0.1, 0.15) is 12.4 Å². The van der Waals surface area contributed by atoms with Crippen molar-refractivity contribution in [2.24, 2.45) is 5.73 Å². The van der Waals surface area contributed by atoms with E-state index in [-0.39, 0.29) is 18.8 Å². The number of amides is 2. The fourth-order valence-electron chi connectivity index (χ4n) is 3.15.